The molecule has 1 aliphatic rings. The molecule has 2 N–H and O–H groups in total. The molecule has 1 rings (SSSR count). The number of nitrogens with zero attached hydrogens (tertiary/aromatic N) is 1. The van der Waals surface area contributed by atoms with Gasteiger partial charge in [0.25, 0.3) is 0 Å². The highest BCUT2D eigenvalue weighted by Crippen LogP contribution is 2.02. The molecule has 0 aromatic rings. The van der Waals surface area contributed by atoms with Crippen LogP contribution in [0.5, 0.6) is 0 Å². The van der Waals surface area contributed by atoms with Gasteiger partial charge in [-0.05, 0) is 13.0 Å². The standard InChI is InChI=1S/C9H12N2/c1-8(7-10)11-9-5-3-2-4-6-9/h2-5,7H,6,10H2,1H3/b8-7-,11-9?. The van der Waals surface area contributed by atoms with Crippen LogP contribution < -0.4 is 5.73 Å². The third-order valence-electron chi connectivity index (χ3n) is 1.42. The molecule has 0 spiro atoms. The van der Waals surface area contributed by atoms with Crippen LogP contribution in [0, 0.1) is 0 Å². The van der Waals surface area contributed by atoms with Crippen LogP contribution >= 0.6 is 0 Å². The second kappa shape index (κ2) is 3.76. The van der Waals surface area contributed by atoms with Gasteiger partial charge < -0.3 is 5.73 Å². The van der Waals surface area contributed by atoms with Crippen LogP contribution in [0.1, 0.15) is 13.3 Å². The topological polar surface area (TPSA) is 38.4 Å². The number of rotatable bonds is 1. The number of hydrogen-bond donors (Lipinski definition) is 1. The molecule has 58 valence electrons. The van der Waals surface area contributed by atoms with E-state index in [2.05, 4.69) is 11.1 Å². The van der Waals surface area contributed by atoms with Crippen molar-refractivity contribution in [3.05, 3.63) is 36.2 Å². The van der Waals surface area contributed by atoms with Gasteiger partial charge in [0.1, 0.15) is 0 Å². The maximum Gasteiger partial charge on any atom is 0.0530 e. The van der Waals surface area contributed by atoms with E-state index < -0.39 is 0 Å². The van der Waals surface area contributed by atoms with Gasteiger partial charge in [0, 0.05) is 18.3 Å². The zero-order chi connectivity index (χ0) is 8.10. The Morgan fingerprint density at radius 2 is 2.45 bits per heavy atom. The molecule has 0 aliphatic heterocycles. The van der Waals surface area contributed by atoms with Gasteiger partial charge in [-0.1, -0.05) is 18.2 Å². The second-order valence-corrected chi connectivity index (χ2v) is 2.40. The normalized spacial score (nSPS) is 21.2. The monoisotopic (exact) mass is 148 g/mol. The van der Waals surface area contributed by atoms with E-state index in [1.807, 2.05) is 25.2 Å². The van der Waals surface area contributed by atoms with Gasteiger partial charge in [-0.3, -0.25) is 4.99 Å². The lowest BCUT2D eigenvalue weighted by Crippen LogP contribution is -1.95. The van der Waals surface area contributed by atoms with E-state index in [0.717, 1.165) is 17.8 Å². The first-order valence-corrected chi connectivity index (χ1v) is 3.62. The lowest BCUT2D eigenvalue weighted by atomic mass is 10.1. The van der Waals surface area contributed by atoms with Crippen molar-refractivity contribution in [1.29, 1.82) is 0 Å². The Morgan fingerprint density at radius 3 is 3.00 bits per heavy atom. The smallest absolute Gasteiger partial charge is 0.0530 e. The summed E-state index contributed by atoms with van der Waals surface area (Å²) in [6.07, 6.45) is 10.5. The largest absolute Gasteiger partial charge is 0.403 e. The Labute approximate surface area is 66.8 Å². The Hall–Kier alpha value is -1.31. The van der Waals surface area contributed by atoms with Crippen LogP contribution in [0.4, 0.5) is 0 Å². The molecule has 1 aliphatic carbocycles. The average molecular weight is 148 g/mol. The van der Waals surface area contributed by atoms with E-state index in [0.29, 0.717) is 0 Å². The quantitative estimate of drug-likeness (QED) is 0.604. The molecule has 0 aromatic carbocycles. The van der Waals surface area contributed by atoms with Crippen molar-refractivity contribution in [2.45, 2.75) is 13.3 Å². The lowest BCUT2D eigenvalue weighted by Gasteiger charge is -2.00. The van der Waals surface area contributed by atoms with Gasteiger partial charge >= 0.3 is 0 Å². The average Bonchev–Trinajstić information content (AvgIpc) is 2.06. The van der Waals surface area contributed by atoms with Crippen molar-refractivity contribution in [2.24, 2.45) is 10.7 Å². The third kappa shape index (κ3) is 2.42. The summed E-state index contributed by atoms with van der Waals surface area (Å²) in [5.41, 5.74) is 7.20. The Balaban J connectivity index is 2.68. The van der Waals surface area contributed by atoms with Crippen LogP contribution in [-0.2, 0) is 0 Å². The highest BCUT2D eigenvalue weighted by molar-refractivity contribution is 5.97. The summed E-state index contributed by atoms with van der Waals surface area (Å²) >= 11 is 0. The van der Waals surface area contributed by atoms with Crippen LogP contribution in [0.25, 0.3) is 0 Å². The fourth-order valence-corrected chi connectivity index (χ4v) is 0.849. The first kappa shape index (κ1) is 7.79. The first-order chi connectivity index (χ1) is 5.33. The highest BCUT2D eigenvalue weighted by atomic mass is 14.8. The van der Waals surface area contributed by atoms with Gasteiger partial charge in [0.15, 0.2) is 0 Å². The Morgan fingerprint density at radius 1 is 1.64 bits per heavy atom. The summed E-state index contributed by atoms with van der Waals surface area (Å²) in [5.74, 6) is 0. The van der Waals surface area contributed by atoms with Gasteiger partial charge in [0.2, 0.25) is 0 Å². The molecule has 2 nitrogen and oxygen atoms in total. The van der Waals surface area contributed by atoms with E-state index in [-0.39, 0.29) is 0 Å². The van der Waals surface area contributed by atoms with E-state index in [4.69, 9.17) is 5.73 Å². The molecular formula is C9H12N2. The summed E-state index contributed by atoms with van der Waals surface area (Å²) < 4.78 is 0. The SMILES string of the molecule is C/C(=C/N)N=C1C=CC=CC1. The Kier molecular flexibility index (Phi) is 2.66. The van der Waals surface area contributed by atoms with Crippen LogP contribution in [0.3, 0.4) is 0 Å². The maximum atomic E-state index is 5.28. The van der Waals surface area contributed by atoms with Crippen molar-refractivity contribution in [3.63, 3.8) is 0 Å². The summed E-state index contributed by atoms with van der Waals surface area (Å²) in [5, 5.41) is 0. The summed E-state index contributed by atoms with van der Waals surface area (Å²) in [6, 6.07) is 0. The van der Waals surface area contributed by atoms with E-state index in [9.17, 15) is 0 Å². The number of nitrogens with two attached hydrogens (primary N) is 1. The van der Waals surface area contributed by atoms with Crippen molar-refractivity contribution < 1.29 is 0 Å². The molecular weight excluding hydrogens is 136 g/mol. The summed E-state index contributed by atoms with van der Waals surface area (Å²) in [6.45, 7) is 1.89. The van der Waals surface area contributed by atoms with Crippen molar-refractivity contribution in [2.75, 3.05) is 0 Å². The highest BCUT2D eigenvalue weighted by Gasteiger charge is 1.94. The zero-order valence-electron chi connectivity index (χ0n) is 6.62. The Bertz CT molecular complexity index is 244. The number of aliphatic imine (C=N–C) groups is 1. The molecule has 0 unspecified atom stereocenters. The zero-order valence-corrected chi connectivity index (χ0v) is 6.62. The molecule has 11 heavy (non-hydrogen) atoms. The minimum absolute atomic E-state index is 0.861. The maximum absolute atomic E-state index is 5.28. The number of hydrogen-bond acceptors (Lipinski definition) is 2. The third-order valence-corrected chi connectivity index (χ3v) is 1.42. The van der Waals surface area contributed by atoms with Crippen LogP contribution in [0.2, 0.25) is 0 Å². The fraction of sp³-hybridized carbons (Fsp3) is 0.222. The van der Waals surface area contributed by atoms with Gasteiger partial charge in [-0.15, -0.1) is 0 Å². The molecule has 0 radical (unpaired) electrons. The van der Waals surface area contributed by atoms with Crippen molar-refractivity contribution in [3.8, 4) is 0 Å². The molecule has 0 bridgehead atoms. The lowest BCUT2D eigenvalue weighted by molar-refractivity contribution is 1.24. The van der Waals surface area contributed by atoms with E-state index in [1.54, 1.807) is 0 Å². The number of allylic oxidation sites excluding steroid dienone is 5. The van der Waals surface area contributed by atoms with Gasteiger partial charge in [-0.25, -0.2) is 0 Å². The first-order valence-electron chi connectivity index (χ1n) is 3.62. The summed E-state index contributed by atoms with van der Waals surface area (Å²) in [4.78, 5) is 4.27. The van der Waals surface area contributed by atoms with Gasteiger partial charge in [0.05, 0.1) is 5.70 Å². The molecule has 0 amide bonds. The summed E-state index contributed by atoms with van der Waals surface area (Å²) in [7, 11) is 0. The van der Waals surface area contributed by atoms with Crippen molar-refractivity contribution in [1.82, 2.24) is 0 Å². The molecule has 0 saturated heterocycles. The van der Waals surface area contributed by atoms with Crippen LogP contribution in [0.15, 0.2) is 41.2 Å². The van der Waals surface area contributed by atoms with Crippen LogP contribution in [-0.4, -0.2) is 5.71 Å². The molecule has 0 heterocycles. The molecule has 0 aromatic heterocycles. The fourth-order valence-electron chi connectivity index (χ4n) is 0.849. The van der Waals surface area contributed by atoms with E-state index >= 15 is 0 Å². The van der Waals surface area contributed by atoms with Crippen molar-refractivity contribution >= 4 is 5.71 Å². The van der Waals surface area contributed by atoms with E-state index in [1.165, 1.54) is 6.20 Å². The predicted octanol–water partition coefficient (Wildman–Crippen LogP) is 1.76. The molecule has 2 heteroatoms. The minimum atomic E-state index is 0.861. The predicted molar refractivity (Wildman–Crippen MR) is 48.3 cm³/mol. The minimum Gasteiger partial charge on any atom is -0.403 e. The molecule has 0 fully saturated rings. The molecule has 0 atom stereocenters. The second-order valence-electron chi connectivity index (χ2n) is 2.40. The van der Waals surface area contributed by atoms with Gasteiger partial charge in [-0.2, -0.15) is 0 Å². The molecule has 0 saturated carbocycles.